The van der Waals surface area contributed by atoms with Crippen LogP contribution < -0.4 is 5.32 Å². The molecule has 3 heteroatoms. The summed E-state index contributed by atoms with van der Waals surface area (Å²) in [5.74, 6) is 1.36. The van der Waals surface area contributed by atoms with Gasteiger partial charge in [-0.1, -0.05) is 32.8 Å². The van der Waals surface area contributed by atoms with Gasteiger partial charge in [0.1, 0.15) is 0 Å². The third-order valence-electron chi connectivity index (χ3n) is 4.61. The fourth-order valence-corrected chi connectivity index (χ4v) is 3.23. The van der Waals surface area contributed by atoms with E-state index in [0.717, 1.165) is 17.5 Å². The molecule has 0 bridgehead atoms. The Morgan fingerprint density at radius 1 is 1.24 bits per heavy atom. The van der Waals surface area contributed by atoms with Crippen molar-refractivity contribution in [1.29, 1.82) is 0 Å². The summed E-state index contributed by atoms with van der Waals surface area (Å²) in [4.78, 5) is 11.6. The Bertz CT molecular complexity index is 470. The van der Waals surface area contributed by atoms with Crippen LogP contribution in [0.3, 0.4) is 0 Å². The minimum absolute atomic E-state index is 0.278. The van der Waals surface area contributed by atoms with Gasteiger partial charge < -0.3 is 10.1 Å². The number of benzene rings is 1. The molecule has 1 aliphatic rings. The molecule has 1 saturated carbocycles. The van der Waals surface area contributed by atoms with Crippen molar-refractivity contribution in [3.63, 3.8) is 0 Å². The summed E-state index contributed by atoms with van der Waals surface area (Å²) in [6.07, 6.45) is 6.36. The number of nitrogens with one attached hydrogen (secondary N) is 1. The average Bonchev–Trinajstić information content (AvgIpc) is 2.72. The van der Waals surface area contributed by atoms with Crippen molar-refractivity contribution in [2.24, 2.45) is 11.8 Å². The van der Waals surface area contributed by atoms with E-state index in [1.54, 1.807) is 6.07 Å². The topological polar surface area (TPSA) is 38.3 Å². The molecule has 0 heterocycles. The number of anilines is 1. The normalized spacial score (nSPS) is 22.7. The Hall–Kier alpha value is -1.51. The van der Waals surface area contributed by atoms with E-state index < -0.39 is 0 Å². The second-order valence-electron chi connectivity index (χ2n) is 6.43. The monoisotopic (exact) mass is 289 g/mol. The van der Waals surface area contributed by atoms with Gasteiger partial charge in [-0.3, -0.25) is 0 Å². The fourth-order valence-electron chi connectivity index (χ4n) is 3.23. The van der Waals surface area contributed by atoms with Crippen molar-refractivity contribution in [1.82, 2.24) is 0 Å². The Morgan fingerprint density at radius 2 is 2.05 bits per heavy atom. The van der Waals surface area contributed by atoms with Crippen molar-refractivity contribution in [2.75, 3.05) is 12.4 Å². The third kappa shape index (κ3) is 4.48. The van der Waals surface area contributed by atoms with E-state index in [9.17, 15) is 4.79 Å². The lowest BCUT2D eigenvalue weighted by Crippen LogP contribution is -2.19. The minimum atomic E-state index is -0.278. The number of rotatable bonds is 4. The van der Waals surface area contributed by atoms with E-state index in [4.69, 9.17) is 4.74 Å². The lowest BCUT2D eigenvalue weighted by atomic mass is 9.89. The van der Waals surface area contributed by atoms with Crippen molar-refractivity contribution in [3.05, 3.63) is 29.8 Å². The van der Waals surface area contributed by atoms with Crippen molar-refractivity contribution in [3.8, 4) is 0 Å². The molecule has 116 valence electrons. The summed E-state index contributed by atoms with van der Waals surface area (Å²) in [5, 5.41) is 3.59. The lowest BCUT2D eigenvalue weighted by Gasteiger charge is -2.20. The second kappa shape index (κ2) is 7.48. The van der Waals surface area contributed by atoms with Crippen LogP contribution in [0.2, 0.25) is 0 Å². The van der Waals surface area contributed by atoms with E-state index in [1.165, 1.54) is 39.2 Å². The van der Waals surface area contributed by atoms with Crippen LogP contribution in [0.5, 0.6) is 0 Å². The minimum Gasteiger partial charge on any atom is -0.465 e. The zero-order valence-electron chi connectivity index (χ0n) is 13.4. The van der Waals surface area contributed by atoms with Gasteiger partial charge >= 0.3 is 5.97 Å². The van der Waals surface area contributed by atoms with Gasteiger partial charge in [-0.05, 0) is 49.3 Å². The Balaban J connectivity index is 1.97. The van der Waals surface area contributed by atoms with E-state index in [-0.39, 0.29) is 5.97 Å². The van der Waals surface area contributed by atoms with Gasteiger partial charge in [-0.15, -0.1) is 0 Å². The van der Waals surface area contributed by atoms with Crippen molar-refractivity contribution in [2.45, 2.75) is 52.0 Å². The van der Waals surface area contributed by atoms with Crippen LogP contribution in [0.1, 0.15) is 56.3 Å². The predicted octanol–water partition coefficient (Wildman–Crippen LogP) is 4.49. The van der Waals surface area contributed by atoms with Gasteiger partial charge in [-0.25, -0.2) is 4.79 Å². The first-order valence-corrected chi connectivity index (χ1v) is 8.05. The molecule has 2 rings (SSSR count). The maximum atomic E-state index is 11.6. The van der Waals surface area contributed by atoms with E-state index in [1.807, 2.05) is 18.2 Å². The van der Waals surface area contributed by atoms with Gasteiger partial charge in [-0.2, -0.15) is 0 Å². The Morgan fingerprint density at radius 3 is 2.76 bits per heavy atom. The van der Waals surface area contributed by atoms with Crippen LogP contribution in [0, 0.1) is 11.8 Å². The van der Waals surface area contributed by atoms with E-state index in [2.05, 4.69) is 19.2 Å². The molecule has 3 nitrogen and oxygen atoms in total. The van der Waals surface area contributed by atoms with Crippen LogP contribution in [0.15, 0.2) is 24.3 Å². The molecule has 0 aromatic heterocycles. The highest BCUT2D eigenvalue weighted by molar-refractivity contribution is 5.90. The largest absolute Gasteiger partial charge is 0.465 e. The molecular weight excluding hydrogens is 262 g/mol. The maximum absolute atomic E-state index is 11.6. The van der Waals surface area contributed by atoms with Crippen LogP contribution in [0.4, 0.5) is 5.69 Å². The molecule has 1 aromatic carbocycles. The summed E-state index contributed by atoms with van der Waals surface area (Å²) in [5.41, 5.74) is 1.63. The molecule has 0 spiro atoms. The van der Waals surface area contributed by atoms with Crippen molar-refractivity contribution >= 4 is 11.7 Å². The molecule has 1 N–H and O–H groups in total. The highest BCUT2D eigenvalue weighted by Gasteiger charge is 2.21. The van der Waals surface area contributed by atoms with Gasteiger partial charge in [0, 0.05) is 11.7 Å². The first kappa shape index (κ1) is 15.9. The van der Waals surface area contributed by atoms with E-state index >= 15 is 0 Å². The number of carbonyl (C=O) groups is 1. The Kier molecular flexibility index (Phi) is 5.66. The number of methoxy groups -OCH3 is 1. The van der Waals surface area contributed by atoms with Gasteiger partial charge in [0.15, 0.2) is 0 Å². The number of esters is 1. The zero-order valence-corrected chi connectivity index (χ0v) is 13.4. The van der Waals surface area contributed by atoms with Crippen LogP contribution in [-0.4, -0.2) is 19.1 Å². The quantitative estimate of drug-likeness (QED) is 0.655. The number of hydrogen-bond donors (Lipinski definition) is 1. The zero-order chi connectivity index (χ0) is 15.2. The van der Waals surface area contributed by atoms with Gasteiger partial charge in [0.2, 0.25) is 0 Å². The predicted molar refractivity (Wildman–Crippen MR) is 86.6 cm³/mol. The molecule has 2 unspecified atom stereocenters. The molecule has 1 fully saturated rings. The fraction of sp³-hybridized carbons (Fsp3) is 0.611. The molecule has 21 heavy (non-hydrogen) atoms. The molecule has 1 aromatic rings. The summed E-state index contributed by atoms with van der Waals surface area (Å²) >= 11 is 0. The number of carbonyl (C=O) groups excluding carboxylic acids is 1. The van der Waals surface area contributed by atoms with Gasteiger partial charge in [0.25, 0.3) is 0 Å². The smallest absolute Gasteiger partial charge is 0.337 e. The summed E-state index contributed by atoms with van der Waals surface area (Å²) in [6.45, 7) is 4.66. The third-order valence-corrected chi connectivity index (χ3v) is 4.61. The number of hydrogen-bond acceptors (Lipinski definition) is 3. The first-order valence-electron chi connectivity index (χ1n) is 8.05. The molecule has 2 atom stereocenters. The van der Waals surface area contributed by atoms with Crippen LogP contribution in [0.25, 0.3) is 0 Å². The maximum Gasteiger partial charge on any atom is 0.337 e. The van der Waals surface area contributed by atoms with Crippen LogP contribution in [-0.2, 0) is 4.74 Å². The highest BCUT2D eigenvalue weighted by atomic mass is 16.5. The van der Waals surface area contributed by atoms with Crippen LogP contribution >= 0.6 is 0 Å². The molecule has 0 radical (unpaired) electrons. The lowest BCUT2D eigenvalue weighted by molar-refractivity contribution is 0.0601. The van der Waals surface area contributed by atoms with Gasteiger partial charge in [0.05, 0.1) is 12.7 Å². The summed E-state index contributed by atoms with van der Waals surface area (Å²) < 4.78 is 4.77. The molecule has 1 aliphatic carbocycles. The molecule has 0 aliphatic heterocycles. The highest BCUT2D eigenvalue weighted by Crippen LogP contribution is 2.30. The molecule has 0 saturated heterocycles. The van der Waals surface area contributed by atoms with E-state index in [0.29, 0.717) is 11.6 Å². The second-order valence-corrected chi connectivity index (χ2v) is 6.43. The Labute approximate surface area is 128 Å². The average molecular weight is 289 g/mol. The summed E-state index contributed by atoms with van der Waals surface area (Å²) in [7, 11) is 1.42. The number of ether oxygens (including phenoxy) is 1. The first-order chi connectivity index (χ1) is 10.1. The molecular formula is C18H27NO2. The van der Waals surface area contributed by atoms with Crippen molar-refractivity contribution < 1.29 is 9.53 Å². The standard InChI is InChI=1S/C18H27NO2/c1-13(2)14-6-4-8-16(11-10-14)19-17-9-5-7-15(12-17)18(20)21-3/h5,7,9,12-14,16,19H,4,6,8,10-11H2,1-3H3. The molecule has 0 amide bonds. The SMILES string of the molecule is COC(=O)c1cccc(NC2CCCC(C(C)C)CC2)c1. The summed E-state index contributed by atoms with van der Waals surface area (Å²) in [6, 6.07) is 8.12.